The summed E-state index contributed by atoms with van der Waals surface area (Å²) in [4.78, 5) is 13.9. The molecule has 2 atom stereocenters. The molecule has 2 heterocycles. The number of likely N-dealkylation sites (tertiary alicyclic amines) is 1. The van der Waals surface area contributed by atoms with Crippen LogP contribution in [0.1, 0.15) is 32.6 Å². The highest BCUT2D eigenvalue weighted by molar-refractivity contribution is 6.20. The summed E-state index contributed by atoms with van der Waals surface area (Å²) >= 11 is 6.00. The number of amides is 1. The average Bonchev–Trinajstić information content (AvgIpc) is 2.65. The van der Waals surface area contributed by atoms with E-state index in [4.69, 9.17) is 16.3 Å². The van der Waals surface area contributed by atoms with Gasteiger partial charge in [-0.1, -0.05) is 0 Å². The van der Waals surface area contributed by atoms with Crippen molar-refractivity contribution < 1.29 is 9.53 Å². The third-order valence-electron chi connectivity index (χ3n) is 3.24. The molecule has 86 valence electrons. The van der Waals surface area contributed by atoms with Gasteiger partial charge in [-0.05, 0) is 32.6 Å². The fourth-order valence-electron chi connectivity index (χ4n) is 2.26. The third kappa shape index (κ3) is 2.64. The van der Waals surface area contributed by atoms with Gasteiger partial charge in [0, 0.05) is 18.5 Å². The zero-order chi connectivity index (χ0) is 10.8. The summed E-state index contributed by atoms with van der Waals surface area (Å²) < 4.78 is 5.58. The lowest BCUT2D eigenvalue weighted by Gasteiger charge is -2.31. The zero-order valence-electron chi connectivity index (χ0n) is 9.12. The summed E-state index contributed by atoms with van der Waals surface area (Å²) in [5.74, 6) is 0.169. The summed E-state index contributed by atoms with van der Waals surface area (Å²) in [7, 11) is 0. The minimum absolute atomic E-state index is 0.169. The van der Waals surface area contributed by atoms with E-state index >= 15 is 0 Å². The van der Waals surface area contributed by atoms with Gasteiger partial charge in [0.1, 0.15) is 6.10 Å². The number of piperidine rings is 1. The number of halogens is 1. The van der Waals surface area contributed by atoms with Gasteiger partial charge in [0.25, 0.3) is 5.91 Å². The number of nitrogens with zero attached hydrogens (tertiary/aromatic N) is 1. The first-order valence-corrected chi connectivity index (χ1v) is 6.19. The monoisotopic (exact) mass is 231 g/mol. The lowest BCUT2D eigenvalue weighted by Crippen LogP contribution is -2.44. The van der Waals surface area contributed by atoms with Gasteiger partial charge in [-0.15, -0.1) is 11.6 Å². The van der Waals surface area contributed by atoms with E-state index in [1.165, 1.54) is 0 Å². The molecule has 0 aromatic rings. The SMILES string of the molecule is CC1CCC(C(=O)N2CCC(Cl)CC2)O1. The van der Waals surface area contributed by atoms with Crippen molar-refractivity contribution in [2.75, 3.05) is 13.1 Å². The van der Waals surface area contributed by atoms with Crippen LogP contribution < -0.4 is 0 Å². The van der Waals surface area contributed by atoms with Crippen molar-refractivity contribution in [3.63, 3.8) is 0 Å². The van der Waals surface area contributed by atoms with Crippen LogP contribution >= 0.6 is 11.6 Å². The summed E-state index contributed by atoms with van der Waals surface area (Å²) in [5, 5.41) is 0.248. The molecule has 2 unspecified atom stereocenters. The van der Waals surface area contributed by atoms with Crippen LogP contribution in [0.25, 0.3) is 0 Å². The maximum atomic E-state index is 12.0. The molecule has 15 heavy (non-hydrogen) atoms. The van der Waals surface area contributed by atoms with Gasteiger partial charge in [-0.2, -0.15) is 0 Å². The van der Waals surface area contributed by atoms with E-state index in [2.05, 4.69) is 0 Å². The predicted octanol–water partition coefficient (Wildman–Crippen LogP) is 1.78. The molecular weight excluding hydrogens is 214 g/mol. The van der Waals surface area contributed by atoms with Crippen LogP contribution in [0.4, 0.5) is 0 Å². The Morgan fingerprint density at radius 1 is 1.27 bits per heavy atom. The smallest absolute Gasteiger partial charge is 0.251 e. The molecule has 0 aliphatic carbocycles. The second-order valence-electron chi connectivity index (χ2n) is 4.51. The first-order valence-electron chi connectivity index (χ1n) is 5.75. The van der Waals surface area contributed by atoms with E-state index in [9.17, 15) is 4.79 Å². The highest BCUT2D eigenvalue weighted by Gasteiger charge is 2.32. The third-order valence-corrected chi connectivity index (χ3v) is 3.68. The quantitative estimate of drug-likeness (QED) is 0.644. The van der Waals surface area contributed by atoms with Gasteiger partial charge in [-0.25, -0.2) is 0 Å². The van der Waals surface area contributed by atoms with E-state index in [1.54, 1.807) is 0 Å². The maximum Gasteiger partial charge on any atom is 0.251 e. The van der Waals surface area contributed by atoms with Gasteiger partial charge in [0.05, 0.1) is 6.10 Å². The van der Waals surface area contributed by atoms with Gasteiger partial charge >= 0.3 is 0 Å². The Hall–Kier alpha value is -0.280. The van der Waals surface area contributed by atoms with E-state index in [-0.39, 0.29) is 23.5 Å². The van der Waals surface area contributed by atoms with E-state index in [0.717, 1.165) is 38.8 Å². The molecule has 1 amide bonds. The van der Waals surface area contributed by atoms with Crippen LogP contribution in [-0.2, 0) is 9.53 Å². The topological polar surface area (TPSA) is 29.5 Å². The van der Waals surface area contributed by atoms with Crippen LogP contribution in [-0.4, -0.2) is 41.5 Å². The molecule has 2 rings (SSSR count). The second kappa shape index (κ2) is 4.71. The van der Waals surface area contributed by atoms with Gasteiger partial charge in [0.15, 0.2) is 0 Å². The minimum atomic E-state index is -0.188. The van der Waals surface area contributed by atoms with Gasteiger partial charge in [0.2, 0.25) is 0 Å². The Kier molecular flexibility index (Phi) is 3.52. The standard InChI is InChI=1S/C11H18ClNO2/c1-8-2-3-10(15-8)11(14)13-6-4-9(12)5-7-13/h8-10H,2-7H2,1H3. The van der Waals surface area contributed by atoms with Crippen LogP contribution in [0.5, 0.6) is 0 Å². The normalized spacial score (nSPS) is 33.3. The minimum Gasteiger partial charge on any atom is -0.365 e. The molecule has 0 aromatic carbocycles. The van der Waals surface area contributed by atoms with E-state index in [0.29, 0.717) is 0 Å². The fraction of sp³-hybridized carbons (Fsp3) is 0.909. The maximum absolute atomic E-state index is 12.0. The molecule has 2 aliphatic rings. The Morgan fingerprint density at radius 3 is 2.47 bits per heavy atom. The molecular formula is C11H18ClNO2. The first kappa shape index (κ1) is 11.2. The number of hydrogen-bond acceptors (Lipinski definition) is 2. The number of alkyl halides is 1. The molecule has 0 radical (unpaired) electrons. The summed E-state index contributed by atoms with van der Waals surface area (Å²) in [5.41, 5.74) is 0. The fourth-order valence-corrected chi connectivity index (χ4v) is 2.45. The van der Waals surface area contributed by atoms with Crippen molar-refractivity contribution in [2.45, 2.75) is 50.2 Å². The molecule has 0 bridgehead atoms. The Balaban J connectivity index is 1.85. The Morgan fingerprint density at radius 2 is 1.93 bits per heavy atom. The van der Waals surface area contributed by atoms with Crippen LogP contribution in [0.2, 0.25) is 0 Å². The predicted molar refractivity (Wildman–Crippen MR) is 59.0 cm³/mol. The molecule has 0 spiro atoms. The molecule has 3 nitrogen and oxygen atoms in total. The van der Waals surface area contributed by atoms with Crippen molar-refractivity contribution in [3.8, 4) is 0 Å². The van der Waals surface area contributed by atoms with Crippen LogP contribution in [0.15, 0.2) is 0 Å². The van der Waals surface area contributed by atoms with Crippen LogP contribution in [0, 0.1) is 0 Å². The first-order chi connectivity index (χ1) is 7.16. The van der Waals surface area contributed by atoms with Crippen molar-refractivity contribution in [1.82, 2.24) is 4.90 Å². The van der Waals surface area contributed by atoms with Crippen molar-refractivity contribution in [3.05, 3.63) is 0 Å². The summed E-state index contributed by atoms with van der Waals surface area (Å²) in [6.45, 7) is 3.61. The second-order valence-corrected chi connectivity index (χ2v) is 5.13. The van der Waals surface area contributed by atoms with E-state index in [1.807, 2.05) is 11.8 Å². The number of ether oxygens (including phenoxy) is 1. The lowest BCUT2D eigenvalue weighted by molar-refractivity contribution is -0.143. The molecule has 2 saturated heterocycles. The molecule has 4 heteroatoms. The highest BCUT2D eigenvalue weighted by atomic mass is 35.5. The van der Waals surface area contributed by atoms with Crippen molar-refractivity contribution in [2.24, 2.45) is 0 Å². The Bertz CT molecular complexity index is 239. The van der Waals surface area contributed by atoms with Crippen molar-refractivity contribution in [1.29, 1.82) is 0 Å². The highest BCUT2D eigenvalue weighted by Crippen LogP contribution is 2.23. The Labute approximate surface area is 95.7 Å². The van der Waals surface area contributed by atoms with Gasteiger partial charge < -0.3 is 9.64 Å². The van der Waals surface area contributed by atoms with Gasteiger partial charge in [-0.3, -0.25) is 4.79 Å². The molecule has 2 fully saturated rings. The summed E-state index contributed by atoms with van der Waals surface area (Å²) in [6, 6.07) is 0. The summed E-state index contributed by atoms with van der Waals surface area (Å²) in [6.07, 6.45) is 3.75. The largest absolute Gasteiger partial charge is 0.365 e. The molecule has 0 aromatic heterocycles. The number of carbonyl (C=O) groups is 1. The zero-order valence-corrected chi connectivity index (χ0v) is 9.87. The average molecular weight is 232 g/mol. The molecule has 0 N–H and O–H groups in total. The molecule has 0 saturated carbocycles. The molecule has 2 aliphatic heterocycles. The van der Waals surface area contributed by atoms with Crippen LogP contribution in [0.3, 0.4) is 0 Å². The van der Waals surface area contributed by atoms with Crippen molar-refractivity contribution >= 4 is 17.5 Å². The lowest BCUT2D eigenvalue weighted by atomic mass is 10.1. The number of hydrogen-bond donors (Lipinski definition) is 0. The number of rotatable bonds is 1. The van der Waals surface area contributed by atoms with E-state index < -0.39 is 0 Å². The number of carbonyl (C=O) groups excluding carboxylic acids is 1.